The van der Waals surface area contributed by atoms with E-state index in [1.165, 1.54) is 0 Å². The highest BCUT2D eigenvalue weighted by Gasteiger charge is 2.52. The lowest BCUT2D eigenvalue weighted by Crippen LogP contribution is -2.66. The monoisotopic (exact) mass is 365 g/mol. The van der Waals surface area contributed by atoms with E-state index in [1.807, 2.05) is 43.3 Å². The van der Waals surface area contributed by atoms with Crippen molar-refractivity contribution < 1.29 is 9.90 Å². The van der Waals surface area contributed by atoms with Crippen molar-refractivity contribution >= 4 is 5.91 Å². The van der Waals surface area contributed by atoms with E-state index >= 15 is 0 Å². The van der Waals surface area contributed by atoms with E-state index in [4.69, 9.17) is 0 Å². The zero-order valence-corrected chi connectivity index (χ0v) is 16.1. The topological polar surface area (TPSA) is 67.6 Å². The highest BCUT2D eigenvalue weighted by Crippen LogP contribution is 2.42. The molecule has 2 fully saturated rings. The van der Waals surface area contributed by atoms with Gasteiger partial charge in [0, 0.05) is 17.4 Å². The molecule has 3 atom stereocenters. The van der Waals surface area contributed by atoms with Gasteiger partial charge in [0.1, 0.15) is 6.04 Å². The number of aliphatic hydroxyl groups excluding tert-OH is 1. The summed E-state index contributed by atoms with van der Waals surface area (Å²) in [6.45, 7) is 0.581. The Morgan fingerprint density at radius 3 is 2.48 bits per heavy atom. The fourth-order valence-electron chi connectivity index (χ4n) is 4.18. The minimum absolute atomic E-state index is 0.0187. The summed E-state index contributed by atoms with van der Waals surface area (Å²) in [5.74, 6) is 6.14. The summed E-state index contributed by atoms with van der Waals surface area (Å²) in [5, 5.41) is 19.5. The fourth-order valence-corrected chi connectivity index (χ4v) is 4.18. The van der Waals surface area contributed by atoms with Gasteiger partial charge in [-0.15, -0.1) is 0 Å². The number of hydrogen-bond donors (Lipinski definition) is 1. The molecule has 5 heteroatoms. The summed E-state index contributed by atoms with van der Waals surface area (Å²) in [6.07, 6.45) is 3.95. The van der Waals surface area contributed by atoms with Crippen LogP contribution in [0.4, 0.5) is 0 Å². The number of carbonyl (C=O) groups is 1. The Labute approximate surface area is 161 Å². The predicted octanol–water partition coefficient (Wildman–Crippen LogP) is 1.97. The summed E-state index contributed by atoms with van der Waals surface area (Å²) in [5.41, 5.74) is 1.90. The Bertz CT molecular complexity index is 763. The number of hydrogen-bond acceptors (Lipinski definition) is 4. The van der Waals surface area contributed by atoms with Gasteiger partial charge in [-0.05, 0) is 44.6 Å². The summed E-state index contributed by atoms with van der Waals surface area (Å²) in [7, 11) is 3.95. The first-order chi connectivity index (χ1) is 13.1. The Hall–Kier alpha value is -2.34. The SMILES string of the molecule is CN(C)CC#Cc1ccc([C@H]2[C@@H](CO)N(C(=O)C3CCCC3)[C@H]2C#N)cc1. The summed E-state index contributed by atoms with van der Waals surface area (Å²) in [6, 6.07) is 9.31. The second-order valence-corrected chi connectivity index (χ2v) is 7.74. The molecular formula is C22H27N3O2. The van der Waals surface area contributed by atoms with Crippen molar-refractivity contribution in [3.63, 3.8) is 0 Å². The maximum atomic E-state index is 12.8. The van der Waals surface area contributed by atoms with E-state index in [0.29, 0.717) is 6.54 Å². The van der Waals surface area contributed by atoms with E-state index in [9.17, 15) is 15.2 Å². The molecule has 1 N–H and O–H groups in total. The molecule has 0 unspecified atom stereocenters. The Kier molecular flexibility index (Phi) is 6.16. The second kappa shape index (κ2) is 8.57. The minimum Gasteiger partial charge on any atom is -0.394 e. The van der Waals surface area contributed by atoms with Crippen LogP contribution in [0.1, 0.15) is 42.7 Å². The van der Waals surface area contributed by atoms with Gasteiger partial charge in [0.05, 0.1) is 25.3 Å². The number of rotatable bonds is 4. The molecule has 142 valence electrons. The van der Waals surface area contributed by atoms with Crippen LogP contribution in [-0.2, 0) is 4.79 Å². The summed E-state index contributed by atoms with van der Waals surface area (Å²) < 4.78 is 0. The molecular weight excluding hydrogens is 338 g/mol. The Morgan fingerprint density at radius 1 is 1.26 bits per heavy atom. The number of likely N-dealkylation sites (tertiary alicyclic amines) is 1. The first-order valence-electron chi connectivity index (χ1n) is 9.63. The molecule has 0 aromatic heterocycles. The number of nitrogens with zero attached hydrogens (tertiary/aromatic N) is 3. The van der Waals surface area contributed by atoms with Crippen molar-refractivity contribution in [1.29, 1.82) is 5.26 Å². The van der Waals surface area contributed by atoms with Crippen LogP contribution in [0.25, 0.3) is 0 Å². The van der Waals surface area contributed by atoms with E-state index in [2.05, 4.69) is 17.9 Å². The highest BCUT2D eigenvalue weighted by molar-refractivity contribution is 5.82. The van der Waals surface area contributed by atoms with Crippen molar-refractivity contribution in [1.82, 2.24) is 9.80 Å². The van der Waals surface area contributed by atoms with Crippen LogP contribution >= 0.6 is 0 Å². The largest absolute Gasteiger partial charge is 0.394 e. The number of benzene rings is 1. The van der Waals surface area contributed by atoms with Crippen LogP contribution in [-0.4, -0.2) is 60.1 Å². The normalized spacial score (nSPS) is 24.9. The van der Waals surface area contributed by atoms with Crippen LogP contribution in [0.15, 0.2) is 24.3 Å². The lowest BCUT2D eigenvalue weighted by Gasteiger charge is -2.52. The number of amides is 1. The van der Waals surface area contributed by atoms with Gasteiger partial charge in [0.2, 0.25) is 5.91 Å². The highest BCUT2D eigenvalue weighted by atomic mass is 16.3. The van der Waals surface area contributed by atoms with Crippen molar-refractivity contribution in [3.05, 3.63) is 35.4 Å². The zero-order valence-electron chi connectivity index (χ0n) is 16.1. The van der Waals surface area contributed by atoms with Gasteiger partial charge in [0.25, 0.3) is 0 Å². The van der Waals surface area contributed by atoms with Crippen LogP contribution < -0.4 is 0 Å². The van der Waals surface area contributed by atoms with Gasteiger partial charge >= 0.3 is 0 Å². The third-order valence-corrected chi connectivity index (χ3v) is 5.61. The van der Waals surface area contributed by atoms with E-state index in [0.717, 1.165) is 36.8 Å². The molecule has 1 heterocycles. The van der Waals surface area contributed by atoms with Crippen LogP contribution in [0.3, 0.4) is 0 Å². The number of nitriles is 1. The van der Waals surface area contributed by atoms with E-state index in [1.54, 1.807) is 4.90 Å². The smallest absolute Gasteiger partial charge is 0.227 e. The second-order valence-electron chi connectivity index (χ2n) is 7.74. The first-order valence-corrected chi connectivity index (χ1v) is 9.63. The molecule has 27 heavy (non-hydrogen) atoms. The first kappa shape index (κ1) is 19.4. The molecule has 1 saturated carbocycles. The molecule has 5 nitrogen and oxygen atoms in total. The van der Waals surface area contributed by atoms with E-state index < -0.39 is 6.04 Å². The third kappa shape index (κ3) is 4.00. The lowest BCUT2D eigenvalue weighted by atomic mass is 9.75. The Morgan fingerprint density at radius 2 is 1.93 bits per heavy atom. The quantitative estimate of drug-likeness (QED) is 0.829. The number of carbonyl (C=O) groups excluding carboxylic acids is 1. The van der Waals surface area contributed by atoms with Gasteiger partial charge in [-0.25, -0.2) is 0 Å². The molecule has 1 amide bonds. The molecule has 1 aromatic carbocycles. The van der Waals surface area contributed by atoms with Crippen molar-refractivity contribution in [3.8, 4) is 17.9 Å². The molecule has 0 radical (unpaired) electrons. The molecule has 1 aromatic rings. The predicted molar refractivity (Wildman–Crippen MR) is 104 cm³/mol. The lowest BCUT2D eigenvalue weighted by molar-refractivity contribution is -0.151. The molecule has 0 bridgehead atoms. The average Bonchev–Trinajstić information content (AvgIpc) is 3.17. The molecule has 0 spiro atoms. The maximum Gasteiger partial charge on any atom is 0.227 e. The average molecular weight is 365 g/mol. The fraction of sp³-hybridized carbons (Fsp3) is 0.545. The van der Waals surface area contributed by atoms with Gasteiger partial charge in [-0.1, -0.05) is 36.8 Å². The molecule has 3 rings (SSSR count). The minimum atomic E-state index is -0.499. The zero-order chi connectivity index (χ0) is 19.4. The molecule has 2 aliphatic rings. The Balaban J connectivity index is 1.74. The van der Waals surface area contributed by atoms with Gasteiger partial charge in [-0.3, -0.25) is 9.69 Å². The van der Waals surface area contributed by atoms with Crippen LogP contribution in [0, 0.1) is 29.1 Å². The molecule has 1 saturated heterocycles. The van der Waals surface area contributed by atoms with Crippen molar-refractivity contribution in [2.24, 2.45) is 5.92 Å². The van der Waals surface area contributed by atoms with E-state index in [-0.39, 0.29) is 30.4 Å². The standard InChI is InChI=1S/C22H27N3O2/c1-24(2)13-5-6-16-9-11-17(12-10-16)21-19(14-23)25(20(21)15-26)22(27)18-7-3-4-8-18/h9-12,18-21,26H,3-4,7-8,13,15H2,1-2H3/t19-,20+,21+/m0/s1. The van der Waals surface area contributed by atoms with Gasteiger partial charge in [-0.2, -0.15) is 5.26 Å². The van der Waals surface area contributed by atoms with Crippen LogP contribution in [0.5, 0.6) is 0 Å². The summed E-state index contributed by atoms with van der Waals surface area (Å²) >= 11 is 0. The molecule has 1 aliphatic heterocycles. The van der Waals surface area contributed by atoms with Crippen molar-refractivity contribution in [2.75, 3.05) is 27.2 Å². The number of aliphatic hydroxyl groups is 1. The van der Waals surface area contributed by atoms with Crippen LogP contribution in [0.2, 0.25) is 0 Å². The van der Waals surface area contributed by atoms with Gasteiger partial charge < -0.3 is 10.0 Å². The molecule has 1 aliphatic carbocycles. The van der Waals surface area contributed by atoms with Crippen molar-refractivity contribution in [2.45, 2.75) is 43.7 Å². The third-order valence-electron chi connectivity index (χ3n) is 5.61. The maximum absolute atomic E-state index is 12.8. The van der Waals surface area contributed by atoms with Gasteiger partial charge in [0.15, 0.2) is 0 Å². The summed E-state index contributed by atoms with van der Waals surface area (Å²) in [4.78, 5) is 16.5.